The van der Waals surface area contributed by atoms with E-state index < -0.39 is 0 Å². The lowest BCUT2D eigenvalue weighted by molar-refractivity contribution is -0.152. The van der Waals surface area contributed by atoms with E-state index >= 15 is 0 Å². The van der Waals surface area contributed by atoms with Crippen molar-refractivity contribution in [3.8, 4) is 0 Å². The van der Waals surface area contributed by atoms with E-state index in [0.29, 0.717) is 32.2 Å². The van der Waals surface area contributed by atoms with Crippen LogP contribution in [0.2, 0.25) is 0 Å². The molecule has 2 heterocycles. The van der Waals surface area contributed by atoms with Crippen molar-refractivity contribution in [2.24, 2.45) is 0 Å². The SMILES string of the molecule is CC(C)N1CCN(C(=O)C(=O)N2CCCNCC2)CC1. The first kappa shape index (κ1) is 15.3. The number of nitrogens with zero attached hydrogens (tertiary/aromatic N) is 3. The molecule has 0 aromatic rings. The van der Waals surface area contributed by atoms with Gasteiger partial charge in [0.25, 0.3) is 0 Å². The van der Waals surface area contributed by atoms with Crippen molar-refractivity contribution in [3.05, 3.63) is 0 Å². The third-order valence-electron chi connectivity index (χ3n) is 4.14. The van der Waals surface area contributed by atoms with Crippen LogP contribution in [0.5, 0.6) is 0 Å². The van der Waals surface area contributed by atoms with Crippen molar-refractivity contribution < 1.29 is 9.59 Å². The van der Waals surface area contributed by atoms with Gasteiger partial charge < -0.3 is 15.1 Å². The van der Waals surface area contributed by atoms with Crippen LogP contribution in [0.4, 0.5) is 0 Å². The molecule has 0 saturated carbocycles. The Bertz CT molecular complexity index is 343. The molecule has 114 valence electrons. The first-order chi connectivity index (χ1) is 9.59. The van der Waals surface area contributed by atoms with Crippen molar-refractivity contribution in [2.75, 3.05) is 52.4 Å². The average molecular weight is 282 g/mol. The molecule has 2 amide bonds. The molecule has 1 N–H and O–H groups in total. The minimum Gasteiger partial charge on any atom is -0.333 e. The van der Waals surface area contributed by atoms with E-state index in [1.165, 1.54) is 0 Å². The molecule has 0 aliphatic carbocycles. The molecule has 0 spiro atoms. The second-order valence-electron chi connectivity index (χ2n) is 5.82. The first-order valence-electron chi connectivity index (χ1n) is 7.62. The van der Waals surface area contributed by atoms with Crippen molar-refractivity contribution >= 4 is 11.8 Å². The van der Waals surface area contributed by atoms with Crippen LogP contribution in [0, 0.1) is 0 Å². The van der Waals surface area contributed by atoms with Gasteiger partial charge in [0.05, 0.1) is 0 Å². The van der Waals surface area contributed by atoms with E-state index in [0.717, 1.165) is 32.6 Å². The molecule has 0 atom stereocenters. The highest BCUT2D eigenvalue weighted by molar-refractivity contribution is 6.34. The lowest BCUT2D eigenvalue weighted by Gasteiger charge is -2.37. The topological polar surface area (TPSA) is 55.9 Å². The zero-order chi connectivity index (χ0) is 14.5. The quantitative estimate of drug-likeness (QED) is 0.650. The molecule has 2 aliphatic heterocycles. The number of hydrogen-bond donors (Lipinski definition) is 1. The zero-order valence-corrected chi connectivity index (χ0v) is 12.6. The second-order valence-corrected chi connectivity index (χ2v) is 5.82. The predicted octanol–water partition coefficient (Wildman–Crippen LogP) is -0.639. The van der Waals surface area contributed by atoms with Crippen LogP contribution >= 0.6 is 0 Å². The third kappa shape index (κ3) is 3.70. The molecule has 0 aromatic heterocycles. The Balaban J connectivity index is 1.86. The van der Waals surface area contributed by atoms with Crippen LogP contribution in [0.25, 0.3) is 0 Å². The van der Waals surface area contributed by atoms with Gasteiger partial charge in [0.2, 0.25) is 0 Å². The van der Waals surface area contributed by atoms with Crippen LogP contribution in [0.1, 0.15) is 20.3 Å². The molecule has 2 rings (SSSR count). The van der Waals surface area contributed by atoms with E-state index in [-0.39, 0.29) is 11.8 Å². The largest absolute Gasteiger partial charge is 0.333 e. The summed E-state index contributed by atoms with van der Waals surface area (Å²) in [5.41, 5.74) is 0. The Hall–Kier alpha value is -1.14. The molecule has 2 saturated heterocycles. The van der Waals surface area contributed by atoms with Crippen LogP contribution in [-0.2, 0) is 9.59 Å². The third-order valence-corrected chi connectivity index (χ3v) is 4.14. The summed E-state index contributed by atoms with van der Waals surface area (Å²) in [6, 6.07) is 0.500. The Morgan fingerprint density at radius 3 is 2.05 bits per heavy atom. The molecular weight excluding hydrogens is 256 g/mol. The van der Waals surface area contributed by atoms with E-state index in [9.17, 15) is 9.59 Å². The minimum absolute atomic E-state index is 0.324. The lowest BCUT2D eigenvalue weighted by Crippen LogP contribution is -2.54. The number of carbonyl (C=O) groups excluding carboxylic acids is 2. The fourth-order valence-corrected chi connectivity index (χ4v) is 2.76. The summed E-state index contributed by atoms with van der Waals surface area (Å²) in [7, 11) is 0. The number of rotatable bonds is 1. The Labute approximate surface area is 121 Å². The van der Waals surface area contributed by atoms with Crippen LogP contribution in [-0.4, -0.2) is 84.9 Å². The van der Waals surface area contributed by atoms with Crippen LogP contribution < -0.4 is 5.32 Å². The maximum atomic E-state index is 12.3. The summed E-state index contributed by atoms with van der Waals surface area (Å²) >= 11 is 0. The maximum Gasteiger partial charge on any atom is 0.312 e. The molecule has 6 heteroatoms. The molecule has 2 aliphatic rings. The van der Waals surface area contributed by atoms with Gasteiger partial charge in [-0.1, -0.05) is 0 Å². The van der Waals surface area contributed by atoms with Gasteiger partial charge in [-0.2, -0.15) is 0 Å². The van der Waals surface area contributed by atoms with Crippen molar-refractivity contribution in [2.45, 2.75) is 26.3 Å². The predicted molar refractivity (Wildman–Crippen MR) is 77.4 cm³/mol. The van der Waals surface area contributed by atoms with Gasteiger partial charge in [0.15, 0.2) is 0 Å². The summed E-state index contributed by atoms with van der Waals surface area (Å²) in [5, 5.41) is 3.24. The number of carbonyl (C=O) groups is 2. The summed E-state index contributed by atoms with van der Waals surface area (Å²) in [6.07, 6.45) is 0.917. The van der Waals surface area contributed by atoms with Gasteiger partial charge in [0.1, 0.15) is 0 Å². The molecule has 0 bridgehead atoms. The maximum absolute atomic E-state index is 12.3. The van der Waals surface area contributed by atoms with Crippen LogP contribution in [0.15, 0.2) is 0 Å². The van der Waals surface area contributed by atoms with E-state index in [1.54, 1.807) is 9.80 Å². The Kier molecular flexibility index (Phi) is 5.37. The standard InChI is InChI=1S/C14H26N4O2/c1-12(2)16-8-10-18(11-9-16)14(20)13(19)17-6-3-4-15-5-7-17/h12,15H,3-11H2,1-2H3. The molecule has 0 aromatic carbocycles. The first-order valence-corrected chi connectivity index (χ1v) is 7.62. The molecule has 0 unspecified atom stereocenters. The zero-order valence-electron chi connectivity index (χ0n) is 12.6. The fraction of sp³-hybridized carbons (Fsp3) is 0.857. The smallest absolute Gasteiger partial charge is 0.312 e. The molecular formula is C14H26N4O2. The van der Waals surface area contributed by atoms with Gasteiger partial charge in [-0.05, 0) is 26.8 Å². The summed E-state index contributed by atoms with van der Waals surface area (Å²) in [4.78, 5) is 30.3. The van der Waals surface area contributed by atoms with Crippen molar-refractivity contribution in [1.29, 1.82) is 0 Å². The van der Waals surface area contributed by atoms with Gasteiger partial charge in [-0.25, -0.2) is 0 Å². The second kappa shape index (κ2) is 7.04. The van der Waals surface area contributed by atoms with Crippen molar-refractivity contribution in [3.63, 3.8) is 0 Å². The highest BCUT2D eigenvalue weighted by Crippen LogP contribution is 2.07. The molecule has 6 nitrogen and oxygen atoms in total. The Morgan fingerprint density at radius 1 is 0.850 bits per heavy atom. The lowest BCUT2D eigenvalue weighted by atomic mass is 10.2. The summed E-state index contributed by atoms with van der Waals surface area (Å²) in [6.45, 7) is 10.4. The summed E-state index contributed by atoms with van der Waals surface area (Å²) < 4.78 is 0. The van der Waals surface area contributed by atoms with E-state index in [1.807, 2.05) is 0 Å². The fourth-order valence-electron chi connectivity index (χ4n) is 2.76. The number of nitrogens with one attached hydrogen (secondary N) is 1. The minimum atomic E-state index is -0.327. The van der Waals surface area contributed by atoms with Crippen LogP contribution in [0.3, 0.4) is 0 Å². The normalized spacial score (nSPS) is 21.9. The molecule has 2 fully saturated rings. The highest BCUT2D eigenvalue weighted by Gasteiger charge is 2.30. The van der Waals surface area contributed by atoms with Gasteiger partial charge in [-0.3, -0.25) is 14.5 Å². The van der Waals surface area contributed by atoms with Gasteiger partial charge >= 0.3 is 11.8 Å². The summed E-state index contributed by atoms with van der Waals surface area (Å²) in [5.74, 6) is -0.651. The van der Waals surface area contributed by atoms with E-state index in [4.69, 9.17) is 0 Å². The average Bonchev–Trinajstić information content (AvgIpc) is 2.75. The van der Waals surface area contributed by atoms with E-state index in [2.05, 4.69) is 24.1 Å². The monoisotopic (exact) mass is 282 g/mol. The van der Waals surface area contributed by atoms with Gasteiger partial charge in [-0.15, -0.1) is 0 Å². The highest BCUT2D eigenvalue weighted by atomic mass is 16.2. The number of hydrogen-bond acceptors (Lipinski definition) is 4. The Morgan fingerprint density at radius 2 is 1.45 bits per heavy atom. The number of amides is 2. The number of piperazine rings is 1. The molecule has 20 heavy (non-hydrogen) atoms. The van der Waals surface area contributed by atoms with Crippen molar-refractivity contribution in [1.82, 2.24) is 20.0 Å². The van der Waals surface area contributed by atoms with Gasteiger partial charge in [0, 0.05) is 51.9 Å². The molecule has 0 radical (unpaired) electrons.